The maximum atomic E-state index is 12.0. The highest BCUT2D eigenvalue weighted by atomic mass is 35.5. The van der Waals surface area contributed by atoms with Crippen molar-refractivity contribution in [1.82, 2.24) is 9.78 Å². The zero-order chi connectivity index (χ0) is 15.5. The number of carbonyl (C=O) groups is 1. The van der Waals surface area contributed by atoms with Crippen molar-refractivity contribution in [3.63, 3.8) is 0 Å². The Balaban J connectivity index is 2.11. The monoisotopic (exact) mass is 314 g/mol. The quantitative estimate of drug-likeness (QED) is 0.804. The van der Waals surface area contributed by atoms with Crippen molar-refractivity contribution >= 4 is 17.6 Å². The Morgan fingerprint density at radius 3 is 2.73 bits per heavy atom. The molecular formula is C17H15ClN2O2. The lowest BCUT2D eigenvalue weighted by atomic mass is 10.1. The summed E-state index contributed by atoms with van der Waals surface area (Å²) in [6, 6.07) is 9.17. The number of carbonyl (C=O) groups excluding carboxylic acids is 1. The number of hydrogen-bond acceptors (Lipinski definition) is 3. The molecule has 0 spiro atoms. The smallest absolute Gasteiger partial charge is 0.358 e. The number of benzene rings is 1. The molecule has 0 bridgehead atoms. The second kappa shape index (κ2) is 6.20. The van der Waals surface area contributed by atoms with Gasteiger partial charge in [-0.25, -0.2) is 9.48 Å². The summed E-state index contributed by atoms with van der Waals surface area (Å²) in [7, 11) is 0. The summed E-state index contributed by atoms with van der Waals surface area (Å²) in [6.45, 7) is 2.09. The van der Waals surface area contributed by atoms with Crippen LogP contribution in [0.3, 0.4) is 0 Å². The van der Waals surface area contributed by atoms with E-state index in [0.717, 1.165) is 11.4 Å². The van der Waals surface area contributed by atoms with E-state index in [2.05, 4.69) is 5.10 Å². The Kier molecular flexibility index (Phi) is 4.11. The molecule has 112 valence electrons. The topological polar surface area (TPSA) is 44.1 Å². The number of ether oxygens (including phenoxy) is 1. The van der Waals surface area contributed by atoms with Gasteiger partial charge in [0.05, 0.1) is 23.0 Å². The van der Waals surface area contributed by atoms with Gasteiger partial charge >= 0.3 is 5.97 Å². The first-order chi connectivity index (χ1) is 10.7. The summed E-state index contributed by atoms with van der Waals surface area (Å²) in [5.74, 6) is -0.368. The molecule has 1 aliphatic carbocycles. The first kappa shape index (κ1) is 14.6. The third-order valence-corrected chi connectivity index (χ3v) is 3.71. The van der Waals surface area contributed by atoms with Crippen LogP contribution in [0, 0.1) is 0 Å². The van der Waals surface area contributed by atoms with Gasteiger partial charge in [-0.15, -0.1) is 0 Å². The molecule has 5 heteroatoms. The van der Waals surface area contributed by atoms with Gasteiger partial charge < -0.3 is 4.74 Å². The Morgan fingerprint density at radius 1 is 1.32 bits per heavy atom. The van der Waals surface area contributed by atoms with Crippen molar-refractivity contribution in [3.05, 3.63) is 71.0 Å². The SMILES string of the molecule is CCOC(=O)c1cc(C2C=CC=C2)n(-c2ccccc2Cl)n1. The van der Waals surface area contributed by atoms with E-state index in [4.69, 9.17) is 16.3 Å². The zero-order valence-corrected chi connectivity index (χ0v) is 12.8. The van der Waals surface area contributed by atoms with E-state index in [0.29, 0.717) is 11.6 Å². The molecule has 2 aromatic rings. The fraction of sp³-hybridized carbons (Fsp3) is 0.176. The molecule has 0 atom stereocenters. The van der Waals surface area contributed by atoms with E-state index in [1.165, 1.54) is 0 Å². The maximum absolute atomic E-state index is 12.0. The second-order valence-corrected chi connectivity index (χ2v) is 5.24. The average molecular weight is 315 g/mol. The number of esters is 1. The van der Waals surface area contributed by atoms with Gasteiger partial charge in [0.25, 0.3) is 0 Å². The molecular weight excluding hydrogens is 300 g/mol. The average Bonchev–Trinajstić information content (AvgIpc) is 3.17. The number of aromatic nitrogens is 2. The van der Waals surface area contributed by atoms with Gasteiger partial charge in [0.1, 0.15) is 0 Å². The molecule has 0 saturated carbocycles. The van der Waals surface area contributed by atoms with E-state index in [1.807, 2.05) is 42.5 Å². The standard InChI is InChI=1S/C17H15ClN2O2/c1-2-22-17(21)14-11-16(12-7-3-4-8-12)20(19-14)15-10-6-5-9-13(15)18/h3-12H,2H2,1H3. The van der Waals surface area contributed by atoms with Crippen LogP contribution in [-0.4, -0.2) is 22.4 Å². The molecule has 0 fully saturated rings. The second-order valence-electron chi connectivity index (χ2n) is 4.83. The Morgan fingerprint density at radius 2 is 2.05 bits per heavy atom. The summed E-state index contributed by atoms with van der Waals surface area (Å²) in [5, 5.41) is 4.97. The minimum atomic E-state index is -0.430. The molecule has 4 nitrogen and oxygen atoms in total. The van der Waals surface area contributed by atoms with E-state index >= 15 is 0 Å². The molecule has 0 radical (unpaired) electrons. The molecule has 0 amide bonds. The van der Waals surface area contributed by atoms with Crippen LogP contribution in [0.15, 0.2) is 54.6 Å². The van der Waals surface area contributed by atoms with Gasteiger partial charge in [-0.3, -0.25) is 0 Å². The normalized spacial score (nSPS) is 13.7. The summed E-state index contributed by atoms with van der Waals surface area (Å²) >= 11 is 6.27. The largest absolute Gasteiger partial charge is 0.461 e. The predicted molar refractivity (Wildman–Crippen MR) is 85.6 cm³/mol. The van der Waals surface area contributed by atoms with Gasteiger partial charge in [-0.1, -0.05) is 48.0 Å². The fourth-order valence-corrected chi connectivity index (χ4v) is 2.60. The highest BCUT2D eigenvalue weighted by Gasteiger charge is 2.21. The van der Waals surface area contributed by atoms with Crippen LogP contribution in [0.2, 0.25) is 5.02 Å². The highest BCUT2D eigenvalue weighted by Crippen LogP contribution is 2.29. The number of rotatable bonds is 4. The van der Waals surface area contributed by atoms with Crippen molar-refractivity contribution in [2.24, 2.45) is 0 Å². The van der Waals surface area contributed by atoms with Crippen molar-refractivity contribution in [1.29, 1.82) is 0 Å². The van der Waals surface area contributed by atoms with Crippen LogP contribution in [0.5, 0.6) is 0 Å². The minimum Gasteiger partial charge on any atom is -0.461 e. The van der Waals surface area contributed by atoms with E-state index < -0.39 is 5.97 Å². The van der Waals surface area contributed by atoms with Crippen LogP contribution in [0.4, 0.5) is 0 Å². The molecule has 1 aromatic carbocycles. The van der Waals surface area contributed by atoms with Crippen LogP contribution in [-0.2, 0) is 4.74 Å². The van der Waals surface area contributed by atoms with Crippen LogP contribution < -0.4 is 0 Å². The Hall–Kier alpha value is -2.33. The van der Waals surface area contributed by atoms with Crippen molar-refractivity contribution in [2.75, 3.05) is 6.61 Å². The third-order valence-electron chi connectivity index (χ3n) is 3.39. The number of hydrogen-bond donors (Lipinski definition) is 0. The molecule has 1 aliphatic rings. The Labute approximate surface area is 133 Å². The third kappa shape index (κ3) is 2.70. The van der Waals surface area contributed by atoms with E-state index in [9.17, 15) is 4.79 Å². The van der Waals surface area contributed by atoms with Crippen LogP contribution in [0.25, 0.3) is 5.69 Å². The summed E-state index contributed by atoms with van der Waals surface area (Å²) in [5.41, 5.74) is 1.90. The van der Waals surface area contributed by atoms with Gasteiger partial charge in [-0.2, -0.15) is 5.10 Å². The minimum absolute atomic E-state index is 0.0620. The van der Waals surface area contributed by atoms with Gasteiger partial charge in [0.15, 0.2) is 5.69 Å². The summed E-state index contributed by atoms with van der Waals surface area (Å²) in [4.78, 5) is 12.0. The fourth-order valence-electron chi connectivity index (χ4n) is 2.38. The van der Waals surface area contributed by atoms with Crippen molar-refractivity contribution in [3.8, 4) is 5.69 Å². The molecule has 0 unspecified atom stereocenters. The lowest BCUT2D eigenvalue weighted by Crippen LogP contribution is -2.07. The lowest BCUT2D eigenvalue weighted by Gasteiger charge is -2.11. The first-order valence-electron chi connectivity index (χ1n) is 7.07. The number of para-hydroxylation sites is 1. The van der Waals surface area contributed by atoms with Crippen molar-refractivity contribution < 1.29 is 9.53 Å². The molecule has 0 aliphatic heterocycles. The first-order valence-corrected chi connectivity index (χ1v) is 7.45. The van der Waals surface area contributed by atoms with Crippen LogP contribution >= 0.6 is 11.6 Å². The molecule has 0 saturated heterocycles. The number of allylic oxidation sites excluding steroid dienone is 4. The molecule has 22 heavy (non-hydrogen) atoms. The predicted octanol–water partition coefficient (Wildman–Crippen LogP) is 3.91. The van der Waals surface area contributed by atoms with Crippen LogP contribution in [0.1, 0.15) is 29.0 Å². The van der Waals surface area contributed by atoms with Crippen molar-refractivity contribution in [2.45, 2.75) is 12.8 Å². The number of halogens is 1. The molecule has 1 aromatic heterocycles. The highest BCUT2D eigenvalue weighted by molar-refractivity contribution is 6.32. The van der Waals surface area contributed by atoms with E-state index in [1.54, 1.807) is 23.7 Å². The zero-order valence-electron chi connectivity index (χ0n) is 12.1. The lowest BCUT2D eigenvalue weighted by molar-refractivity contribution is 0.0519. The Bertz CT molecular complexity index is 750. The van der Waals surface area contributed by atoms with Gasteiger partial charge in [-0.05, 0) is 25.1 Å². The molecule has 3 rings (SSSR count). The summed E-state index contributed by atoms with van der Waals surface area (Å²) < 4.78 is 6.75. The molecule has 1 heterocycles. The van der Waals surface area contributed by atoms with Gasteiger partial charge in [0.2, 0.25) is 0 Å². The maximum Gasteiger partial charge on any atom is 0.358 e. The van der Waals surface area contributed by atoms with Gasteiger partial charge in [0, 0.05) is 5.92 Å². The number of nitrogens with zero attached hydrogens (tertiary/aromatic N) is 2. The molecule has 0 N–H and O–H groups in total. The van der Waals surface area contributed by atoms with E-state index in [-0.39, 0.29) is 11.6 Å². The summed E-state index contributed by atoms with van der Waals surface area (Å²) in [6.07, 6.45) is 8.02.